The van der Waals surface area contributed by atoms with Gasteiger partial charge in [-0.15, -0.1) is 11.3 Å². The van der Waals surface area contributed by atoms with Crippen LogP contribution in [0, 0.1) is 12.8 Å². The number of piperazine rings is 1. The van der Waals surface area contributed by atoms with Crippen LogP contribution in [0.25, 0.3) is 0 Å². The summed E-state index contributed by atoms with van der Waals surface area (Å²) < 4.78 is 0. The second-order valence-corrected chi connectivity index (χ2v) is 12.7. The summed E-state index contributed by atoms with van der Waals surface area (Å²) in [6.45, 7) is 10.6. The molecular formula is C27H35N9OS2. The lowest BCUT2D eigenvalue weighted by atomic mass is 10.3. The molecule has 0 spiro atoms. The van der Waals surface area contributed by atoms with Crippen molar-refractivity contribution in [3.63, 3.8) is 0 Å². The number of rotatable bonds is 10. The van der Waals surface area contributed by atoms with E-state index in [1.54, 1.807) is 11.3 Å². The van der Waals surface area contributed by atoms with Crippen molar-refractivity contribution >= 4 is 51.7 Å². The molecule has 3 aromatic rings. The summed E-state index contributed by atoms with van der Waals surface area (Å²) in [7, 11) is 0. The number of anilines is 4. The molecule has 0 atom stereocenters. The molecule has 1 saturated carbocycles. The highest BCUT2D eigenvalue weighted by Gasteiger charge is 2.29. The van der Waals surface area contributed by atoms with Crippen LogP contribution in [0.5, 0.6) is 0 Å². The highest BCUT2D eigenvalue weighted by Crippen LogP contribution is 2.32. The number of aromatic nitrogens is 4. The minimum Gasteiger partial charge on any atom is -0.338 e. The maximum Gasteiger partial charge on any atom is 0.234 e. The number of thiazole rings is 1. The lowest BCUT2D eigenvalue weighted by Gasteiger charge is -2.35. The summed E-state index contributed by atoms with van der Waals surface area (Å²) >= 11 is 3.06. The molecule has 12 heteroatoms. The fraction of sp³-hybridized carbons (Fsp3) is 0.519. The molecule has 2 N–H and O–H groups in total. The van der Waals surface area contributed by atoms with Gasteiger partial charge in [0.2, 0.25) is 17.8 Å². The first kappa shape index (κ1) is 26.4. The van der Waals surface area contributed by atoms with Crippen molar-refractivity contribution in [2.45, 2.75) is 42.7 Å². The van der Waals surface area contributed by atoms with Crippen molar-refractivity contribution in [1.82, 2.24) is 29.7 Å². The second kappa shape index (κ2) is 12.2. The van der Waals surface area contributed by atoms with E-state index in [0.717, 1.165) is 72.7 Å². The fourth-order valence-corrected chi connectivity index (χ4v) is 6.26. The number of aryl methyl sites for hydroxylation is 1. The second-order valence-electron chi connectivity index (χ2n) is 10.4. The molecule has 10 nitrogen and oxygen atoms in total. The lowest BCUT2D eigenvalue weighted by Crippen LogP contribution is -2.48. The Morgan fingerprint density at radius 2 is 1.69 bits per heavy atom. The van der Waals surface area contributed by atoms with Crippen LogP contribution in [0.15, 0.2) is 40.5 Å². The van der Waals surface area contributed by atoms with E-state index in [2.05, 4.69) is 30.3 Å². The molecule has 2 saturated heterocycles. The average molecular weight is 566 g/mol. The van der Waals surface area contributed by atoms with Gasteiger partial charge in [0.05, 0.1) is 0 Å². The van der Waals surface area contributed by atoms with Crippen molar-refractivity contribution < 1.29 is 4.79 Å². The standard InChI is InChI=1S/C27H35N9OS2/c1-19-18-28-26(38-19)31-24-30-25(36-16-14-35(15-17-36)13-12-34-10-2-3-11-34)33-27(32-24)39-22-8-6-21(7-9-22)29-23(37)20-4-5-20/h6-9,18,20H,2-5,10-17H2,1H3,(H,29,37)(H,28,30,31,32,33). The number of carbonyl (C=O) groups excluding carboxylic acids is 1. The Balaban J connectivity index is 1.13. The third-order valence-corrected chi connectivity index (χ3v) is 9.01. The highest BCUT2D eigenvalue weighted by atomic mass is 32.2. The van der Waals surface area contributed by atoms with Crippen molar-refractivity contribution in [3.8, 4) is 0 Å². The van der Waals surface area contributed by atoms with E-state index in [9.17, 15) is 4.79 Å². The number of likely N-dealkylation sites (tertiary alicyclic amines) is 1. The first-order valence-electron chi connectivity index (χ1n) is 13.8. The summed E-state index contributed by atoms with van der Waals surface area (Å²) in [6, 6.07) is 7.85. The minimum absolute atomic E-state index is 0.113. The topological polar surface area (TPSA) is 102 Å². The molecule has 1 aliphatic carbocycles. The minimum atomic E-state index is 0.113. The molecule has 39 heavy (non-hydrogen) atoms. The van der Waals surface area contributed by atoms with Gasteiger partial charge in [-0.3, -0.25) is 15.0 Å². The van der Waals surface area contributed by atoms with Crippen LogP contribution in [0.4, 0.5) is 22.7 Å². The maximum atomic E-state index is 12.1. The predicted octanol–water partition coefficient (Wildman–Crippen LogP) is 4.10. The van der Waals surface area contributed by atoms with Gasteiger partial charge in [0.15, 0.2) is 10.3 Å². The van der Waals surface area contributed by atoms with E-state index in [4.69, 9.17) is 15.0 Å². The van der Waals surface area contributed by atoms with Gasteiger partial charge >= 0.3 is 0 Å². The van der Waals surface area contributed by atoms with Gasteiger partial charge in [-0.25, -0.2) is 4.98 Å². The summed E-state index contributed by atoms with van der Waals surface area (Å²) in [4.78, 5) is 40.3. The van der Waals surface area contributed by atoms with Gasteiger partial charge in [-0.1, -0.05) is 0 Å². The number of hydrogen-bond acceptors (Lipinski definition) is 11. The van der Waals surface area contributed by atoms with E-state index >= 15 is 0 Å². The first-order valence-corrected chi connectivity index (χ1v) is 15.4. The number of nitrogens with zero attached hydrogens (tertiary/aromatic N) is 7. The van der Waals surface area contributed by atoms with Crippen molar-refractivity contribution in [3.05, 3.63) is 35.3 Å². The summed E-state index contributed by atoms with van der Waals surface area (Å²) in [5, 5.41) is 7.67. The fourth-order valence-electron chi connectivity index (χ4n) is 4.86. The maximum absolute atomic E-state index is 12.1. The number of carbonyl (C=O) groups is 1. The van der Waals surface area contributed by atoms with Gasteiger partial charge < -0.3 is 15.1 Å². The molecule has 2 aromatic heterocycles. The van der Waals surface area contributed by atoms with Gasteiger partial charge in [-0.2, -0.15) is 15.0 Å². The molecule has 0 radical (unpaired) electrons. The molecule has 0 bridgehead atoms. The van der Waals surface area contributed by atoms with Crippen LogP contribution in [0.2, 0.25) is 0 Å². The molecule has 0 unspecified atom stereocenters. The Labute approximate surface area is 237 Å². The molecule has 206 valence electrons. The van der Waals surface area contributed by atoms with E-state index in [-0.39, 0.29) is 11.8 Å². The predicted molar refractivity (Wildman–Crippen MR) is 156 cm³/mol. The Hall–Kier alpha value is -2.80. The number of benzene rings is 1. The van der Waals surface area contributed by atoms with E-state index < -0.39 is 0 Å². The third-order valence-electron chi connectivity index (χ3n) is 7.31. The Morgan fingerprint density at radius 3 is 2.36 bits per heavy atom. The average Bonchev–Trinajstić information content (AvgIpc) is 3.52. The largest absolute Gasteiger partial charge is 0.338 e. The number of nitrogens with one attached hydrogen (secondary N) is 2. The molecule has 3 aliphatic rings. The van der Waals surface area contributed by atoms with Crippen LogP contribution in [0.1, 0.15) is 30.6 Å². The lowest BCUT2D eigenvalue weighted by molar-refractivity contribution is -0.117. The van der Waals surface area contributed by atoms with Gasteiger partial charge in [0, 0.05) is 66.8 Å². The van der Waals surface area contributed by atoms with E-state index in [0.29, 0.717) is 17.1 Å². The highest BCUT2D eigenvalue weighted by molar-refractivity contribution is 7.99. The molecule has 1 aromatic carbocycles. The summed E-state index contributed by atoms with van der Waals surface area (Å²) in [6.07, 6.45) is 6.50. The van der Waals surface area contributed by atoms with Gasteiger partial charge in [-0.05, 0) is 81.7 Å². The monoisotopic (exact) mass is 565 g/mol. The smallest absolute Gasteiger partial charge is 0.234 e. The van der Waals surface area contributed by atoms with Crippen LogP contribution in [-0.4, -0.2) is 88.0 Å². The Kier molecular flexibility index (Phi) is 8.24. The molecule has 3 fully saturated rings. The first-order chi connectivity index (χ1) is 19.1. The third kappa shape index (κ3) is 7.24. The molecular weight excluding hydrogens is 530 g/mol. The Morgan fingerprint density at radius 1 is 0.974 bits per heavy atom. The van der Waals surface area contributed by atoms with Gasteiger partial charge in [0.1, 0.15) is 0 Å². The van der Waals surface area contributed by atoms with Crippen LogP contribution in [0.3, 0.4) is 0 Å². The van der Waals surface area contributed by atoms with Crippen LogP contribution in [-0.2, 0) is 4.79 Å². The zero-order chi connectivity index (χ0) is 26.6. The normalized spacial score (nSPS) is 18.4. The summed E-state index contributed by atoms with van der Waals surface area (Å²) in [5.41, 5.74) is 0.816. The molecule has 1 amide bonds. The Bertz CT molecular complexity index is 1270. The van der Waals surface area contributed by atoms with Crippen molar-refractivity contribution in [1.29, 1.82) is 0 Å². The van der Waals surface area contributed by atoms with Crippen LogP contribution < -0.4 is 15.5 Å². The number of amides is 1. The number of hydrogen-bond donors (Lipinski definition) is 2. The SMILES string of the molecule is Cc1cnc(Nc2nc(Sc3ccc(NC(=O)C4CC4)cc3)nc(N3CCN(CCN4CCCC4)CC3)n2)s1. The molecule has 4 heterocycles. The zero-order valence-corrected chi connectivity index (χ0v) is 23.9. The molecule has 2 aliphatic heterocycles. The van der Waals surface area contributed by atoms with E-state index in [1.165, 1.54) is 37.7 Å². The summed E-state index contributed by atoms with van der Waals surface area (Å²) in [5.74, 6) is 1.49. The zero-order valence-electron chi connectivity index (χ0n) is 22.3. The quantitative estimate of drug-likeness (QED) is 0.374. The van der Waals surface area contributed by atoms with Gasteiger partial charge in [0.25, 0.3) is 0 Å². The van der Waals surface area contributed by atoms with Crippen molar-refractivity contribution in [2.75, 3.05) is 67.9 Å². The van der Waals surface area contributed by atoms with Crippen molar-refractivity contribution in [2.24, 2.45) is 5.92 Å². The van der Waals surface area contributed by atoms with Crippen LogP contribution >= 0.6 is 23.1 Å². The molecule has 6 rings (SSSR count). The van der Waals surface area contributed by atoms with E-state index in [1.807, 2.05) is 37.4 Å².